The Morgan fingerprint density at radius 3 is 2.67 bits per heavy atom. The lowest BCUT2D eigenvalue weighted by molar-refractivity contribution is 0.308. The molecule has 2 rings (SSSR count). The van der Waals surface area contributed by atoms with Gasteiger partial charge in [0.2, 0.25) is 11.1 Å². The molecular formula is C8H10N6OS3. The molecule has 18 heavy (non-hydrogen) atoms. The van der Waals surface area contributed by atoms with Gasteiger partial charge >= 0.3 is 6.01 Å². The first-order valence-electron chi connectivity index (χ1n) is 4.91. The first-order valence-corrected chi connectivity index (χ1v) is 7.76. The van der Waals surface area contributed by atoms with Crippen LogP contribution in [0.2, 0.25) is 0 Å². The van der Waals surface area contributed by atoms with Crippen LogP contribution in [0.4, 0.5) is 5.95 Å². The lowest BCUT2D eigenvalue weighted by atomic mass is 10.8. The molecule has 10 heteroatoms. The first-order chi connectivity index (χ1) is 8.71. The lowest BCUT2D eigenvalue weighted by Gasteiger charge is -2.02. The van der Waals surface area contributed by atoms with E-state index in [1.54, 1.807) is 11.8 Å². The smallest absolute Gasteiger partial charge is 0.322 e. The normalized spacial score (nSPS) is 10.6. The molecule has 0 amide bonds. The third kappa shape index (κ3) is 3.43. The molecule has 2 aromatic rings. The predicted molar refractivity (Wildman–Crippen MR) is 71.2 cm³/mol. The van der Waals surface area contributed by atoms with Crippen molar-refractivity contribution in [1.29, 1.82) is 0 Å². The fraction of sp³-hybridized carbons (Fsp3) is 0.375. The Hall–Kier alpha value is -1.13. The van der Waals surface area contributed by atoms with Gasteiger partial charge in [-0.25, -0.2) is 0 Å². The van der Waals surface area contributed by atoms with E-state index in [0.29, 0.717) is 11.8 Å². The van der Waals surface area contributed by atoms with Gasteiger partial charge < -0.3 is 10.5 Å². The summed E-state index contributed by atoms with van der Waals surface area (Å²) in [5, 5.41) is 8.46. The van der Waals surface area contributed by atoms with Gasteiger partial charge in [-0.15, -0.1) is 10.2 Å². The molecule has 0 fully saturated rings. The Morgan fingerprint density at radius 2 is 2.00 bits per heavy atom. The third-order valence-corrected chi connectivity index (χ3v) is 4.44. The number of nitrogen functional groups attached to an aromatic ring is 1. The molecule has 0 radical (unpaired) electrons. The van der Waals surface area contributed by atoms with Crippen LogP contribution in [0.15, 0.2) is 13.8 Å². The number of hydrogen-bond donors (Lipinski definition) is 1. The number of aromatic nitrogens is 5. The molecule has 7 nitrogen and oxygen atoms in total. The van der Waals surface area contributed by atoms with Crippen molar-refractivity contribution >= 4 is 40.8 Å². The second-order valence-corrected chi connectivity index (χ2v) is 6.08. The molecule has 2 aromatic heterocycles. The number of nitrogens with zero attached hydrogens (tertiary/aromatic N) is 5. The van der Waals surface area contributed by atoms with Crippen LogP contribution in [-0.4, -0.2) is 38.0 Å². The molecule has 0 saturated carbocycles. The number of anilines is 1. The van der Waals surface area contributed by atoms with Crippen molar-refractivity contribution < 1.29 is 4.74 Å². The van der Waals surface area contributed by atoms with E-state index in [4.69, 9.17) is 10.5 Å². The molecule has 0 aliphatic carbocycles. The standard InChI is InChI=1S/C8H10N6OS3/c1-3-15-5-10-4(9)11-6(12-5)17-8-14-13-7(16-2)18-8/h3H2,1-2H3,(H2,9,10,11,12). The van der Waals surface area contributed by atoms with Crippen LogP contribution in [0, 0.1) is 0 Å². The molecule has 0 spiro atoms. The van der Waals surface area contributed by atoms with Gasteiger partial charge in [0, 0.05) is 0 Å². The molecule has 0 saturated heterocycles. The zero-order valence-corrected chi connectivity index (χ0v) is 12.1. The zero-order valence-electron chi connectivity index (χ0n) is 9.65. The van der Waals surface area contributed by atoms with Crippen LogP contribution in [0.25, 0.3) is 0 Å². The molecule has 2 heterocycles. The summed E-state index contributed by atoms with van der Waals surface area (Å²) in [6.45, 7) is 2.32. The monoisotopic (exact) mass is 302 g/mol. The Bertz CT molecular complexity index is 533. The van der Waals surface area contributed by atoms with Gasteiger partial charge in [-0.3, -0.25) is 0 Å². The van der Waals surface area contributed by atoms with Gasteiger partial charge in [0.05, 0.1) is 6.61 Å². The van der Waals surface area contributed by atoms with E-state index in [0.717, 1.165) is 8.68 Å². The maximum atomic E-state index is 5.58. The van der Waals surface area contributed by atoms with Crippen LogP contribution >= 0.6 is 34.9 Å². The number of hydrogen-bond acceptors (Lipinski definition) is 10. The van der Waals surface area contributed by atoms with Gasteiger partial charge in [-0.2, -0.15) is 15.0 Å². The molecule has 96 valence electrons. The second-order valence-electron chi connectivity index (χ2n) is 2.83. The van der Waals surface area contributed by atoms with Crippen molar-refractivity contribution in [3.63, 3.8) is 0 Å². The van der Waals surface area contributed by atoms with Gasteiger partial charge in [-0.05, 0) is 24.9 Å². The van der Waals surface area contributed by atoms with Crippen molar-refractivity contribution in [2.24, 2.45) is 0 Å². The molecule has 0 atom stereocenters. The molecule has 2 N–H and O–H groups in total. The van der Waals surface area contributed by atoms with Gasteiger partial charge in [0.1, 0.15) is 0 Å². The van der Waals surface area contributed by atoms with Crippen LogP contribution in [-0.2, 0) is 0 Å². The fourth-order valence-electron chi connectivity index (χ4n) is 0.991. The Kier molecular flexibility index (Phi) is 4.55. The van der Waals surface area contributed by atoms with Crippen LogP contribution in [0.5, 0.6) is 6.01 Å². The fourth-order valence-corrected chi connectivity index (χ4v) is 3.28. The largest absolute Gasteiger partial charge is 0.464 e. The maximum Gasteiger partial charge on any atom is 0.322 e. The van der Waals surface area contributed by atoms with Crippen LogP contribution in [0.3, 0.4) is 0 Å². The van der Waals surface area contributed by atoms with Crippen molar-refractivity contribution in [3.8, 4) is 6.01 Å². The summed E-state index contributed by atoms with van der Waals surface area (Å²) >= 11 is 4.31. The van der Waals surface area contributed by atoms with Crippen LogP contribution < -0.4 is 10.5 Å². The van der Waals surface area contributed by atoms with E-state index < -0.39 is 0 Å². The summed E-state index contributed by atoms with van der Waals surface area (Å²) in [6.07, 6.45) is 1.95. The molecule has 0 aliphatic heterocycles. The Balaban J connectivity index is 2.17. The van der Waals surface area contributed by atoms with E-state index in [1.807, 2.05) is 13.2 Å². The van der Waals surface area contributed by atoms with E-state index in [-0.39, 0.29) is 12.0 Å². The van der Waals surface area contributed by atoms with Crippen molar-refractivity contribution in [3.05, 3.63) is 0 Å². The maximum absolute atomic E-state index is 5.58. The average Bonchev–Trinajstić information content (AvgIpc) is 2.76. The second kappa shape index (κ2) is 6.16. The van der Waals surface area contributed by atoms with Gasteiger partial charge in [0.15, 0.2) is 8.68 Å². The summed E-state index contributed by atoms with van der Waals surface area (Å²) in [5.41, 5.74) is 5.58. The summed E-state index contributed by atoms with van der Waals surface area (Å²) in [4.78, 5) is 12.0. The highest BCUT2D eigenvalue weighted by molar-refractivity contribution is 8.02. The molecule has 0 aromatic carbocycles. The van der Waals surface area contributed by atoms with E-state index in [9.17, 15) is 0 Å². The first kappa shape index (κ1) is 13.3. The molecule has 0 aliphatic rings. The highest BCUT2D eigenvalue weighted by Crippen LogP contribution is 2.31. The quantitative estimate of drug-likeness (QED) is 0.825. The minimum atomic E-state index is 0.130. The van der Waals surface area contributed by atoms with E-state index in [1.165, 1.54) is 23.1 Å². The highest BCUT2D eigenvalue weighted by atomic mass is 32.2. The number of rotatable bonds is 5. The molecular weight excluding hydrogens is 292 g/mol. The minimum absolute atomic E-state index is 0.130. The van der Waals surface area contributed by atoms with E-state index >= 15 is 0 Å². The zero-order chi connectivity index (χ0) is 13.0. The Labute approximate surface area is 116 Å². The van der Waals surface area contributed by atoms with Crippen LogP contribution in [0.1, 0.15) is 6.92 Å². The molecule has 0 unspecified atom stereocenters. The average molecular weight is 302 g/mol. The Morgan fingerprint density at radius 1 is 1.22 bits per heavy atom. The predicted octanol–water partition coefficient (Wildman–Crippen LogP) is 1.58. The highest BCUT2D eigenvalue weighted by Gasteiger charge is 2.10. The summed E-state index contributed by atoms with van der Waals surface area (Å²) in [7, 11) is 0. The van der Waals surface area contributed by atoms with Crippen molar-refractivity contribution in [2.75, 3.05) is 18.6 Å². The summed E-state index contributed by atoms with van der Waals surface area (Å²) in [6, 6.07) is 0.224. The lowest BCUT2D eigenvalue weighted by Crippen LogP contribution is -2.04. The number of thioether (sulfide) groups is 1. The van der Waals surface area contributed by atoms with Gasteiger partial charge in [-0.1, -0.05) is 23.1 Å². The van der Waals surface area contributed by atoms with Gasteiger partial charge in [0.25, 0.3) is 0 Å². The molecule has 0 bridgehead atoms. The topological polar surface area (TPSA) is 99.7 Å². The minimum Gasteiger partial charge on any atom is -0.464 e. The van der Waals surface area contributed by atoms with E-state index in [2.05, 4.69) is 25.1 Å². The summed E-state index contributed by atoms with van der Waals surface area (Å²) in [5.74, 6) is 0.130. The van der Waals surface area contributed by atoms with Crippen molar-refractivity contribution in [1.82, 2.24) is 25.1 Å². The third-order valence-electron chi connectivity index (χ3n) is 1.63. The number of ether oxygens (including phenoxy) is 1. The van der Waals surface area contributed by atoms with Crippen molar-refractivity contribution in [2.45, 2.75) is 20.8 Å². The summed E-state index contributed by atoms with van der Waals surface area (Å²) < 4.78 is 6.85. The number of nitrogens with two attached hydrogens (primary N) is 1. The SMILES string of the molecule is CCOc1nc(N)nc(Sc2nnc(SC)s2)n1.